The maximum Gasteiger partial charge on any atom is 0.0741 e. The number of nitrogens with zero attached hydrogens (tertiary/aromatic N) is 3. The fourth-order valence-corrected chi connectivity index (χ4v) is 6.41. The summed E-state index contributed by atoms with van der Waals surface area (Å²) in [6.07, 6.45) is 5.80. The number of hydrogen-bond acceptors (Lipinski definition) is 4. The first kappa shape index (κ1) is 25.4. The molecule has 6 rings (SSSR count). The molecule has 0 saturated carbocycles. The molecule has 4 nitrogen and oxygen atoms in total. The average Bonchev–Trinajstić information content (AvgIpc) is 2.97. The Kier molecular flexibility index (Phi) is 7.91. The van der Waals surface area contributed by atoms with Crippen molar-refractivity contribution in [1.29, 1.82) is 0 Å². The summed E-state index contributed by atoms with van der Waals surface area (Å²) in [5.41, 5.74) is 7.75. The molecule has 3 aromatic carbocycles. The van der Waals surface area contributed by atoms with Crippen molar-refractivity contribution < 1.29 is 0 Å². The second-order valence-electron chi connectivity index (χ2n) is 10.7. The van der Waals surface area contributed by atoms with E-state index in [9.17, 15) is 0 Å². The standard InChI is InChI=1S/C33H37ClN4/c34-27-16-17-29-31(24-27)36-30-15-8-7-14-28(30)32(29)35-18-9-19-37-20-22-38(23-21-37)33(25-10-3-1-4-11-25)26-12-5-2-6-13-26/h1-6,10-13,16-17,24,33H,7-9,14-15,18-23H2,(H,35,36). The van der Waals surface area contributed by atoms with E-state index >= 15 is 0 Å². The number of hydrogen-bond donors (Lipinski definition) is 1. The summed E-state index contributed by atoms with van der Waals surface area (Å²) in [4.78, 5) is 10.2. The van der Waals surface area contributed by atoms with Crippen molar-refractivity contribution in [2.75, 3.05) is 44.6 Å². The van der Waals surface area contributed by atoms with E-state index in [4.69, 9.17) is 16.6 Å². The average molecular weight is 525 g/mol. The molecule has 0 bridgehead atoms. The SMILES string of the molecule is Clc1ccc2c(NCCCN3CCN(C(c4ccccc4)c4ccccc4)CC3)c3c(nc2c1)CCCC3. The van der Waals surface area contributed by atoms with E-state index < -0.39 is 0 Å². The van der Waals surface area contributed by atoms with Gasteiger partial charge in [0.1, 0.15) is 0 Å². The van der Waals surface area contributed by atoms with Crippen molar-refractivity contribution in [2.45, 2.75) is 38.1 Å². The minimum Gasteiger partial charge on any atom is -0.384 e. The van der Waals surface area contributed by atoms with Gasteiger partial charge in [0.25, 0.3) is 0 Å². The molecule has 1 aliphatic heterocycles. The number of nitrogens with one attached hydrogen (secondary N) is 1. The minimum absolute atomic E-state index is 0.320. The zero-order valence-corrected chi connectivity index (χ0v) is 22.8. The lowest BCUT2D eigenvalue weighted by molar-refractivity contribution is 0.109. The first-order chi connectivity index (χ1) is 18.8. The van der Waals surface area contributed by atoms with Gasteiger partial charge in [-0.05, 0) is 73.5 Å². The van der Waals surface area contributed by atoms with Crippen LogP contribution in [0.1, 0.15) is 47.7 Å². The van der Waals surface area contributed by atoms with Crippen LogP contribution < -0.4 is 5.32 Å². The van der Waals surface area contributed by atoms with Gasteiger partial charge >= 0.3 is 0 Å². The maximum atomic E-state index is 6.30. The molecule has 0 atom stereocenters. The summed E-state index contributed by atoms with van der Waals surface area (Å²) < 4.78 is 0. The van der Waals surface area contributed by atoms with Crippen LogP contribution in [0.3, 0.4) is 0 Å². The molecule has 4 aromatic rings. The zero-order chi connectivity index (χ0) is 25.7. The maximum absolute atomic E-state index is 6.30. The summed E-state index contributed by atoms with van der Waals surface area (Å²) in [6.45, 7) is 6.51. The first-order valence-corrected chi connectivity index (χ1v) is 14.6. The van der Waals surface area contributed by atoms with E-state index in [0.29, 0.717) is 6.04 Å². The van der Waals surface area contributed by atoms with Gasteiger partial charge in [0, 0.05) is 54.5 Å². The van der Waals surface area contributed by atoms with Gasteiger partial charge in [0.2, 0.25) is 0 Å². The van der Waals surface area contributed by atoms with Crippen molar-refractivity contribution in [3.8, 4) is 0 Å². The number of rotatable bonds is 8. The predicted molar refractivity (Wildman–Crippen MR) is 159 cm³/mol. The third-order valence-corrected chi connectivity index (χ3v) is 8.42. The summed E-state index contributed by atoms with van der Waals surface area (Å²) in [6, 6.07) is 28.4. The molecule has 1 saturated heterocycles. The molecular weight excluding hydrogens is 488 g/mol. The van der Waals surface area contributed by atoms with Crippen LogP contribution in [0, 0.1) is 0 Å². The predicted octanol–water partition coefficient (Wildman–Crippen LogP) is 6.98. The Hall–Kier alpha value is -2.92. The molecule has 0 spiro atoms. The lowest BCUT2D eigenvalue weighted by atomic mass is 9.92. The molecule has 1 aromatic heterocycles. The van der Waals surface area contributed by atoms with Crippen LogP contribution in [-0.2, 0) is 12.8 Å². The van der Waals surface area contributed by atoms with Gasteiger partial charge in [0.05, 0.1) is 11.6 Å². The van der Waals surface area contributed by atoms with Gasteiger partial charge in [0.15, 0.2) is 0 Å². The number of aryl methyl sites for hydroxylation is 1. The van der Waals surface area contributed by atoms with Crippen molar-refractivity contribution in [2.24, 2.45) is 0 Å². The van der Waals surface area contributed by atoms with Crippen LogP contribution in [-0.4, -0.2) is 54.1 Å². The van der Waals surface area contributed by atoms with Crippen LogP contribution in [0.25, 0.3) is 10.9 Å². The van der Waals surface area contributed by atoms with E-state index in [-0.39, 0.29) is 0 Å². The second kappa shape index (κ2) is 11.9. The highest BCUT2D eigenvalue weighted by atomic mass is 35.5. The third kappa shape index (κ3) is 5.58. The number of halogens is 1. The van der Waals surface area contributed by atoms with Crippen molar-refractivity contribution in [3.05, 3.63) is 106 Å². The molecule has 0 amide bonds. The van der Waals surface area contributed by atoms with Gasteiger partial charge in [-0.25, -0.2) is 0 Å². The number of anilines is 1. The van der Waals surface area contributed by atoms with Gasteiger partial charge in [-0.3, -0.25) is 9.88 Å². The topological polar surface area (TPSA) is 31.4 Å². The Balaban J connectivity index is 1.07. The van der Waals surface area contributed by atoms with Crippen LogP contribution in [0.4, 0.5) is 5.69 Å². The van der Waals surface area contributed by atoms with Crippen LogP contribution >= 0.6 is 11.6 Å². The van der Waals surface area contributed by atoms with Gasteiger partial charge in [-0.1, -0.05) is 72.3 Å². The molecule has 0 radical (unpaired) electrons. The fourth-order valence-electron chi connectivity index (χ4n) is 6.25. The van der Waals surface area contributed by atoms with Crippen molar-refractivity contribution in [1.82, 2.24) is 14.8 Å². The largest absolute Gasteiger partial charge is 0.384 e. The fraction of sp³-hybridized carbons (Fsp3) is 0.364. The molecule has 5 heteroatoms. The first-order valence-electron chi connectivity index (χ1n) is 14.2. The van der Waals surface area contributed by atoms with Crippen molar-refractivity contribution in [3.63, 3.8) is 0 Å². The van der Waals surface area contributed by atoms with Crippen molar-refractivity contribution >= 4 is 28.2 Å². The Morgan fingerprint density at radius 3 is 2.21 bits per heavy atom. The Bertz CT molecular complexity index is 1310. The van der Waals surface area contributed by atoms with E-state index in [0.717, 1.165) is 69.1 Å². The molecule has 1 aliphatic carbocycles. The van der Waals surface area contributed by atoms with Gasteiger partial charge in [-0.2, -0.15) is 0 Å². The van der Waals surface area contributed by atoms with E-state index in [1.165, 1.54) is 46.3 Å². The highest BCUT2D eigenvalue weighted by Crippen LogP contribution is 2.34. The molecule has 38 heavy (non-hydrogen) atoms. The number of aromatic nitrogens is 1. The summed E-state index contributed by atoms with van der Waals surface area (Å²) in [5, 5.41) is 5.79. The van der Waals surface area contributed by atoms with Gasteiger partial charge in [-0.15, -0.1) is 0 Å². The number of benzene rings is 3. The Labute approximate surface area is 231 Å². The number of fused-ring (bicyclic) bond motifs is 2. The van der Waals surface area contributed by atoms with E-state index in [1.54, 1.807) is 0 Å². The highest BCUT2D eigenvalue weighted by molar-refractivity contribution is 6.31. The van der Waals surface area contributed by atoms with E-state index in [1.807, 2.05) is 12.1 Å². The lowest BCUT2D eigenvalue weighted by Crippen LogP contribution is -2.48. The molecular formula is C33H37ClN4. The zero-order valence-electron chi connectivity index (χ0n) is 22.1. The third-order valence-electron chi connectivity index (χ3n) is 8.18. The molecule has 2 aliphatic rings. The summed E-state index contributed by atoms with van der Waals surface area (Å²) in [7, 11) is 0. The van der Waals surface area contributed by atoms with Crippen LogP contribution in [0.2, 0.25) is 5.02 Å². The lowest BCUT2D eigenvalue weighted by Gasteiger charge is -2.40. The van der Waals surface area contributed by atoms with Crippen LogP contribution in [0.15, 0.2) is 78.9 Å². The molecule has 0 unspecified atom stereocenters. The summed E-state index contributed by atoms with van der Waals surface area (Å²) >= 11 is 6.30. The normalized spacial score (nSPS) is 16.6. The number of piperazine rings is 1. The highest BCUT2D eigenvalue weighted by Gasteiger charge is 2.26. The van der Waals surface area contributed by atoms with Crippen LogP contribution in [0.5, 0.6) is 0 Å². The molecule has 196 valence electrons. The quantitative estimate of drug-likeness (QED) is 0.252. The second-order valence-corrected chi connectivity index (χ2v) is 11.1. The Morgan fingerprint density at radius 2 is 1.50 bits per heavy atom. The number of pyridine rings is 1. The monoisotopic (exact) mass is 524 g/mol. The molecule has 1 fully saturated rings. The Morgan fingerprint density at radius 1 is 0.816 bits per heavy atom. The van der Waals surface area contributed by atoms with E-state index in [2.05, 4.69) is 81.8 Å². The smallest absolute Gasteiger partial charge is 0.0741 e. The molecule has 1 N–H and O–H groups in total. The minimum atomic E-state index is 0.320. The summed E-state index contributed by atoms with van der Waals surface area (Å²) in [5.74, 6) is 0. The van der Waals surface area contributed by atoms with Gasteiger partial charge < -0.3 is 10.2 Å². The molecule has 2 heterocycles.